The van der Waals surface area contributed by atoms with E-state index in [-0.39, 0.29) is 34.7 Å². The van der Waals surface area contributed by atoms with Gasteiger partial charge in [0, 0.05) is 0 Å². The fourth-order valence-corrected chi connectivity index (χ4v) is 2.63. The second-order valence-electron chi connectivity index (χ2n) is 6.35. The molecule has 0 saturated heterocycles. The number of benzene rings is 1. The van der Waals surface area contributed by atoms with Crippen LogP contribution in [0.25, 0.3) is 0 Å². The van der Waals surface area contributed by atoms with Crippen molar-refractivity contribution in [1.29, 1.82) is 0 Å². The summed E-state index contributed by atoms with van der Waals surface area (Å²) < 4.78 is 25.9. The van der Waals surface area contributed by atoms with E-state index in [1.807, 2.05) is 20.8 Å². The zero-order valence-corrected chi connectivity index (χ0v) is 15.7. The number of carbonyl (C=O) groups excluding carboxylic acids is 1. The SMILES string of the molecule is CNS(=O)(=O)c1cccc(C(C)NC(=O)[C@@H](N)C(C)(C)C)c1.Cl. The number of rotatable bonds is 5. The smallest absolute Gasteiger partial charge is 0.240 e. The Kier molecular flexibility index (Phi) is 7.69. The second-order valence-corrected chi connectivity index (χ2v) is 8.24. The van der Waals surface area contributed by atoms with E-state index in [0.717, 1.165) is 0 Å². The predicted octanol–water partition coefficient (Wildman–Crippen LogP) is 1.57. The Morgan fingerprint density at radius 1 is 1.26 bits per heavy atom. The number of nitrogens with two attached hydrogens (primary N) is 1. The molecule has 1 amide bonds. The molecule has 132 valence electrons. The molecule has 0 bridgehead atoms. The quantitative estimate of drug-likeness (QED) is 0.738. The molecular formula is C15H26ClN3O3S. The maximum Gasteiger partial charge on any atom is 0.240 e. The van der Waals surface area contributed by atoms with Crippen LogP contribution in [-0.4, -0.2) is 27.4 Å². The van der Waals surface area contributed by atoms with E-state index < -0.39 is 16.1 Å². The van der Waals surface area contributed by atoms with E-state index in [2.05, 4.69) is 10.0 Å². The minimum atomic E-state index is -3.51. The van der Waals surface area contributed by atoms with E-state index in [1.54, 1.807) is 25.1 Å². The monoisotopic (exact) mass is 363 g/mol. The van der Waals surface area contributed by atoms with Gasteiger partial charge in [-0.05, 0) is 37.1 Å². The predicted molar refractivity (Wildman–Crippen MR) is 93.9 cm³/mol. The number of amides is 1. The van der Waals surface area contributed by atoms with Gasteiger partial charge < -0.3 is 11.1 Å². The fraction of sp³-hybridized carbons (Fsp3) is 0.533. The Morgan fingerprint density at radius 3 is 2.30 bits per heavy atom. The molecule has 0 heterocycles. The molecule has 2 atom stereocenters. The Balaban J connectivity index is 0.00000484. The zero-order valence-electron chi connectivity index (χ0n) is 14.1. The van der Waals surface area contributed by atoms with Crippen molar-refractivity contribution in [2.45, 2.75) is 44.7 Å². The molecule has 1 aromatic carbocycles. The third kappa shape index (κ3) is 5.76. The van der Waals surface area contributed by atoms with Crippen molar-refractivity contribution in [3.63, 3.8) is 0 Å². The van der Waals surface area contributed by atoms with Crippen molar-refractivity contribution >= 4 is 28.3 Å². The molecule has 4 N–H and O–H groups in total. The number of hydrogen-bond acceptors (Lipinski definition) is 4. The molecule has 8 heteroatoms. The lowest BCUT2D eigenvalue weighted by Crippen LogP contribution is -2.49. The first kappa shape index (κ1) is 21.9. The lowest BCUT2D eigenvalue weighted by molar-refractivity contribution is -0.125. The van der Waals surface area contributed by atoms with Gasteiger partial charge in [-0.3, -0.25) is 4.79 Å². The Bertz CT molecular complexity index is 642. The van der Waals surface area contributed by atoms with Crippen LogP contribution in [0.2, 0.25) is 0 Å². The highest BCUT2D eigenvalue weighted by Gasteiger charge is 2.28. The summed E-state index contributed by atoms with van der Waals surface area (Å²) in [6.45, 7) is 7.46. The summed E-state index contributed by atoms with van der Waals surface area (Å²) in [6, 6.07) is 5.48. The lowest BCUT2D eigenvalue weighted by atomic mass is 9.86. The third-order valence-electron chi connectivity index (χ3n) is 3.51. The van der Waals surface area contributed by atoms with Gasteiger partial charge in [-0.2, -0.15) is 0 Å². The maximum absolute atomic E-state index is 12.1. The van der Waals surface area contributed by atoms with E-state index in [4.69, 9.17) is 5.73 Å². The van der Waals surface area contributed by atoms with Gasteiger partial charge in [0.05, 0.1) is 17.0 Å². The van der Waals surface area contributed by atoms with Gasteiger partial charge in [0.15, 0.2) is 0 Å². The Labute approximate surface area is 144 Å². The fourth-order valence-electron chi connectivity index (χ4n) is 1.85. The molecule has 1 aromatic rings. The molecule has 1 rings (SSSR count). The van der Waals surface area contributed by atoms with Crippen molar-refractivity contribution in [2.24, 2.45) is 11.1 Å². The van der Waals surface area contributed by atoms with E-state index in [9.17, 15) is 13.2 Å². The highest BCUT2D eigenvalue weighted by molar-refractivity contribution is 7.89. The van der Waals surface area contributed by atoms with Crippen molar-refractivity contribution < 1.29 is 13.2 Å². The number of halogens is 1. The Morgan fingerprint density at radius 2 is 1.83 bits per heavy atom. The summed E-state index contributed by atoms with van der Waals surface area (Å²) >= 11 is 0. The second kappa shape index (κ2) is 8.10. The van der Waals surface area contributed by atoms with Crippen LogP contribution in [0, 0.1) is 5.41 Å². The van der Waals surface area contributed by atoms with Crippen molar-refractivity contribution in [2.75, 3.05) is 7.05 Å². The minimum Gasteiger partial charge on any atom is -0.348 e. The third-order valence-corrected chi connectivity index (χ3v) is 4.92. The molecule has 0 aliphatic carbocycles. The first-order chi connectivity index (χ1) is 9.99. The molecule has 0 radical (unpaired) electrons. The summed E-state index contributed by atoms with van der Waals surface area (Å²) in [5, 5.41) is 2.82. The summed E-state index contributed by atoms with van der Waals surface area (Å²) in [7, 11) is -2.15. The van der Waals surface area contributed by atoms with Crippen LogP contribution >= 0.6 is 12.4 Å². The van der Waals surface area contributed by atoms with Crippen LogP contribution < -0.4 is 15.8 Å². The molecule has 0 aromatic heterocycles. The van der Waals surface area contributed by atoms with Gasteiger partial charge >= 0.3 is 0 Å². The standard InChI is InChI=1S/C15H25N3O3S.ClH/c1-10(18-14(19)13(16)15(2,3)4)11-7-6-8-12(9-11)22(20,21)17-5;/h6-10,13,17H,16H2,1-5H3,(H,18,19);1H/t10?,13-;/m1./s1. The normalized spacial score (nSPS) is 14.5. The highest BCUT2D eigenvalue weighted by atomic mass is 35.5. The Hall–Kier alpha value is -1.15. The van der Waals surface area contributed by atoms with Gasteiger partial charge in [-0.25, -0.2) is 13.1 Å². The van der Waals surface area contributed by atoms with Crippen LogP contribution in [0.4, 0.5) is 0 Å². The molecule has 0 saturated carbocycles. The molecule has 0 spiro atoms. The first-order valence-corrected chi connectivity index (χ1v) is 8.57. The topological polar surface area (TPSA) is 101 Å². The van der Waals surface area contributed by atoms with Gasteiger partial charge in [-0.15, -0.1) is 12.4 Å². The molecule has 6 nitrogen and oxygen atoms in total. The highest BCUT2D eigenvalue weighted by Crippen LogP contribution is 2.20. The molecular weight excluding hydrogens is 338 g/mol. The van der Waals surface area contributed by atoms with Gasteiger partial charge in [0.2, 0.25) is 15.9 Å². The van der Waals surface area contributed by atoms with Crippen molar-refractivity contribution in [1.82, 2.24) is 10.0 Å². The van der Waals surface area contributed by atoms with Crippen LogP contribution in [0.15, 0.2) is 29.2 Å². The molecule has 23 heavy (non-hydrogen) atoms. The summed E-state index contributed by atoms with van der Waals surface area (Å²) in [5.74, 6) is -0.262. The molecule has 1 unspecified atom stereocenters. The molecule has 0 fully saturated rings. The maximum atomic E-state index is 12.1. The zero-order chi connectivity index (χ0) is 17.1. The average molecular weight is 364 g/mol. The average Bonchev–Trinajstić information content (AvgIpc) is 2.45. The first-order valence-electron chi connectivity index (χ1n) is 7.08. The van der Waals surface area contributed by atoms with E-state index in [1.165, 1.54) is 13.1 Å². The van der Waals surface area contributed by atoms with Crippen LogP contribution in [0.1, 0.15) is 39.3 Å². The number of hydrogen-bond donors (Lipinski definition) is 3. The number of sulfonamides is 1. The van der Waals surface area contributed by atoms with E-state index in [0.29, 0.717) is 5.56 Å². The van der Waals surface area contributed by atoms with Gasteiger partial charge in [0.1, 0.15) is 0 Å². The number of carbonyl (C=O) groups is 1. The molecule has 0 aliphatic heterocycles. The molecule has 0 aliphatic rings. The van der Waals surface area contributed by atoms with Gasteiger partial charge in [0.25, 0.3) is 0 Å². The van der Waals surface area contributed by atoms with Crippen molar-refractivity contribution in [3.8, 4) is 0 Å². The van der Waals surface area contributed by atoms with Crippen molar-refractivity contribution in [3.05, 3.63) is 29.8 Å². The largest absolute Gasteiger partial charge is 0.348 e. The van der Waals surface area contributed by atoms with Crippen LogP contribution in [-0.2, 0) is 14.8 Å². The van der Waals surface area contributed by atoms with E-state index >= 15 is 0 Å². The van der Waals surface area contributed by atoms with Crippen LogP contribution in [0.3, 0.4) is 0 Å². The lowest BCUT2D eigenvalue weighted by Gasteiger charge is -2.27. The summed E-state index contributed by atoms with van der Waals surface area (Å²) in [4.78, 5) is 12.3. The van der Waals surface area contributed by atoms with Crippen LogP contribution in [0.5, 0.6) is 0 Å². The van der Waals surface area contributed by atoms with Gasteiger partial charge in [-0.1, -0.05) is 32.9 Å². The summed E-state index contributed by atoms with van der Waals surface area (Å²) in [6.07, 6.45) is 0. The number of nitrogens with one attached hydrogen (secondary N) is 2. The minimum absolute atomic E-state index is 0. The summed E-state index contributed by atoms with van der Waals surface area (Å²) in [5.41, 5.74) is 6.28.